The van der Waals surface area contributed by atoms with Gasteiger partial charge >= 0.3 is 0 Å². The van der Waals surface area contributed by atoms with Crippen molar-refractivity contribution in [3.63, 3.8) is 0 Å². The minimum Gasteiger partial charge on any atom is -0.493 e. The van der Waals surface area contributed by atoms with Crippen LogP contribution in [-0.4, -0.2) is 41.5 Å². The predicted molar refractivity (Wildman–Crippen MR) is 149 cm³/mol. The van der Waals surface area contributed by atoms with Crippen LogP contribution in [0.2, 0.25) is 0 Å². The normalized spacial score (nSPS) is 10.4. The number of thiocarbonyl (C=S) groups is 1. The zero-order valence-electron chi connectivity index (χ0n) is 20.8. The molecular formula is C29H33N3O3S. The molecule has 0 saturated carbocycles. The van der Waals surface area contributed by atoms with E-state index in [9.17, 15) is 9.59 Å². The Morgan fingerprint density at radius 3 is 2.22 bits per heavy atom. The highest BCUT2D eigenvalue weighted by molar-refractivity contribution is 7.80. The third-order valence-electron chi connectivity index (χ3n) is 5.49. The minimum atomic E-state index is -0.326. The fraction of sp³-hybridized carbons (Fsp3) is 0.276. The fourth-order valence-corrected chi connectivity index (χ4v) is 3.95. The summed E-state index contributed by atoms with van der Waals surface area (Å²) >= 11 is 5.32. The standard InChI is InChI=1S/C29H33N3O3S/c1-3-18-32(19-4-2)28(34)24-11-8-12-25(21-24)30-29(36)31-27(33)23-13-15-26(16-14-23)35-20-17-22-9-6-5-7-10-22/h5-16,21H,3-4,17-20H2,1-2H3,(H2,30,31,33,36). The molecule has 36 heavy (non-hydrogen) atoms. The van der Waals surface area contributed by atoms with Crippen LogP contribution in [0.4, 0.5) is 5.69 Å². The van der Waals surface area contributed by atoms with Crippen LogP contribution in [0, 0.1) is 0 Å². The van der Waals surface area contributed by atoms with E-state index >= 15 is 0 Å². The van der Waals surface area contributed by atoms with Crippen LogP contribution >= 0.6 is 12.2 Å². The average Bonchev–Trinajstić information content (AvgIpc) is 2.89. The Morgan fingerprint density at radius 2 is 1.56 bits per heavy atom. The molecule has 0 atom stereocenters. The van der Waals surface area contributed by atoms with Crippen molar-refractivity contribution in [3.8, 4) is 5.75 Å². The van der Waals surface area contributed by atoms with Crippen LogP contribution in [-0.2, 0) is 6.42 Å². The molecule has 2 amide bonds. The first-order chi connectivity index (χ1) is 17.5. The summed E-state index contributed by atoms with van der Waals surface area (Å²) in [7, 11) is 0. The zero-order valence-corrected chi connectivity index (χ0v) is 21.6. The van der Waals surface area contributed by atoms with E-state index in [1.54, 1.807) is 48.5 Å². The number of ether oxygens (including phenoxy) is 1. The molecule has 3 aromatic rings. The van der Waals surface area contributed by atoms with Crippen molar-refractivity contribution >= 4 is 34.8 Å². The van der Waals surface area contributed by atoms with E-state index in [0.29, 0.717) is 29.2 Å². The van der Waals surface area contributed by atoms with Crippen molar-refractivity contribution in [2.75, 3.05) is 25.0 Å². The number of carbonyl (C=O) groups is 2. The summed E-state index contributed by atoms with van der Waals surface area (Å²) in [6.07, 6.45) is 2.62. The molecule has 2 N–H and O–H groups in total. The molecule has 0 bridgehead atoms. The molecule has 0 saturated heterocycles. The van der Waals surface area contributed by atoms with Crippen LogP contribution in [0.1, 0.15) is 53.0 Å². The van der Waals surface area contributed by atoms with E-state index in [1.165, 1.54) is 5.56 Å². The summed E-state index contributed by atoms with van der Waals surface area (Å²) in [5.74, 6) is 0.362. The highest BCUT2D eigenvalue weighted by Crippen LogP contribution is 2.15. The first-order valence-corrected chi connectivity index (χ1v) is 12.7. The Kier molecular flexibility index (Phi) is 10.5. The lowest BCUT2D eigenvalue weighted by Crippen LogP contribution is -2.34. The van der Waals surface area contributed by atoms with Gasteiger partial charge in [0.05, 0.1) is 6.61 Å². The Hall–Kier alpha value is -3.71. The molecular weight excluding hydrogens is 470 g/mol. The first-order valence-electron chi connectivity index (χ1n) is 12.3. The van der Waals surface area contributed by atoms with E-state index in [1.807, 2.05) is 23.1 Å². The van der Waals surface area contributed by atoms with E-state index in [-0.39, 0.29) is 16.9 Å². The number of hydrogen-bond acceptors (Lipinski definition) is 4. The van der Waals surface area contributed by atoms with Gasteiger partial charge in [-0.15, -0.1) is 0 Å². The average molecular weight is 504 g/mol. The van der Waals surface area contributed by atoms with Gasteiger partial charge in [-0.05, 0) is 73.1 Å². The molecule has 6 nitrogen and oxygen atoms in total. The number of hydrogen-bond donors (Lipinski definition) is 2. The first kappa shape index (κ1) is 26.9. The van der Waals surface area contributed by atoms with Crippen LogP contribution in [0.15, 0.2) is 78.9 Å². The van der Waals surface area contributed by atoms with Gasteiger partial charge in [0.1, 0.15) is 5.75 Å². The summed E-state index contributed by atoms with van der Waals surface area (Å²) in [6, 6.07) is 24.2. The van der Waals surface area contributed by atoms with Crippen molar-refractivity contribution in [1.82, 2.24) is 10.2 Å². The maximum atomic E-state index is 12.9. The summed E-state index contributed by atoms with van der Waals surface area (Å²) in [6.45, 7) is 6.11. The monoisotopic (exact) mass is 503 g/mol. The third kappa shape index (κ3) is 8.20. The molecule has 0 radical (unpaired) electrons. The maximum Gasteiger partial charge on any atom is 0.257 e. The van der Waals surface area contributed by atoms with Crippen molar-refractivity contribution in [2.24, 2.45) is 0 Å². The van der Waals surface area contributed by atoms with Crippen LogP contribution in [0.5, 0.6) is 5.75 Å². The van der Waals surface area contributed by atoms with E-state index in [0.717, 1.165) is 32.4 Å². The van der Waals surface area contributed by atoms with E-state index in [4.69, 9.17) is 17.0 Å². The number of anilines is 1. The molecule has 0 aliphatic heterocycles. The SMILES string of the molecule is CCCN(CCC)C(=O)c1cccc(NC(=S)NC(=O)c2ccc(OCCc3ccccc3)cc2)c1. The molecule has 0 fully saturated rings. The third-order valence-corrected chi connectivity index (χ3v) is 5.69. The summed E-state index contributed by atoms with van der Waals surface area (Å²) in [5, 5.41) is 5.84. The van der Waals surface area contributed by atoms with Crippen molar-refractivity contribution in [1.29, 1.82) is 0 Å². The predicted octanol–water partition coefficient (Wildman–Crippen LogP) is 5.70. The number of carbonyl (C=O) groups excluding carboxylic acids is 2. The second kappa shape index (κ2) is 14.0. The van der Waals surface area contributed by atoms with E-state index in [2.05, 4.69) is 36.6 Å². The number of benzene rings is 3. The van der Waals surface area contributed by atoms with Gasteiger partial charge < -0.3 is 15.0 Å². The van der Waals surface area contributed by atoms with Crippen molar-refractivity contribution < 1.29 is 14.3 Å². The van der Waals surface area contributed by atoms with Crippen LogP contribution in [0.25, 0.3) is 0 Å². The molecule has 188 valence electrons. The van der Waals surface area contributed by atoms with Gasteiger partial charge in [-0.3, -0.25) is 14.9 Å². The van der Waals surface area contributed by atoms with Gasteiger partial charge in [-0.2, -0.15) is 0 Å². The van der Waals surface area contributed by atoms with Gasteiger partial charge in [-0.25, -0.2) is 0 Å². The molecule has 3 aromatic carbocycles. The van der Waals surface area contributed by atoms with Gasteiger partial charge in [0.15, 0.2) is 5.11 Å². The van der Waals surface area contributed by atoms with Gasteiger partial charge in [0.25, 0.3) is 11.8 Å². The Morgan fingerprint density at radius 1 is 0.861 bits per heavy atom. The number of amides is 2. The summed E-state index contributed by atoms with van der Waals surface area (Å²) < 4.78 is 5.78. The highest BCUT2D eigenvalue weighted by Gasteiger charge is 2.15. The molecule has 7 heteroatoms. The lowest BCUT2D eigenvalue weighted by Gasteiger charge is -2.21. The topological polar surface area (TPSA) is 70.7 Å². The Labute approximate surface area is 218 Å². The highest BCUT2D eigenvalue weighted by atomic mass is 32.1. The molecule has 0 aliphatic carbocycles. The molecule has 0 aromatic heterocycles. The minimum absolute atomic E-state index is 0.0108. The summed E-state index contributed by atoms with van der Waals surface area (Å²) in [4.78, 5) is 27.4. The lowest BCUT2D eigenvalue weighted by molar-refractivity contribution is 0.0755. The molecule has 0 unspecified atom stereocenters. The van der Waals surface area contributed by atoms with Crippen LogP contribution < -0.4 is 15.4 Å². The smallest absolute Gasteiger partial charge is 0.257 e. The molecule has 3 rings (SSSR count). The van der Waals surface area contributed by atoms with Crippen molar-refractivity contribution in [3.05, 3.63) is 95.6 Å². The quantitative estimate of drug-likeness (QED) is 0.329. The number of rotatable bonds is 11. The number of nitrogens with zero attached hydrogens (tertiary/aromatic N) is 1. The van der Waals surface area contributed by atoms with Crippen LogP contribution in [0.3, 0.4) is 0 Å². The zero-order chi connectivity index (χ0) is 25.8. The number of nitrogens with one attached hydrogen (secondary N) is 2. The van der Waals surface area contributed by atoms with Gasteiger partial charge in [0, 0.05) is 36.3 Å². The molecule has 0 spiro atoms. The summed E-state index contributed by atoms with van der Waals surface area (Å²) in [5.41, 5.74) is 2.90. The van der Waals surface area contributed by atoms with Gasteiger partial charge in [0.2, 0.25) is 0 Å². The maximum absolute atomic E-state index is 12.9. The van der Waals surface area contributed by atoms with E-state index < -0.39 is 0 Å². The van der Waals surface area contributed by atoms with Gasteiger partial charge in [-0.1, -0.05) is 50.2 Å². The molecule has 0 heterocycles. The fourth-order valence-electron chi connectivity index (χ4n) is 3.74. The Balaban J connectivity index is 1.51. The molecule has 0 aliphatic rings. The Bertz CT molecular complexity index is 1140. The second-order valence-corrected chi connectivity index (χ2v) is 8.80. The lowest BCUT2D eigenvalue weighted by atomic mass is 10.1. The largest absolute Gasteiger partial charge is 0.493 e. The second-order valence-electron chi connectivity index (χ2n) is 8.39. The van der Waals surface area contributed by atoms with Crippen molar-refractivity contribution in [2.45, 2.75) is 33.1 Å².